The summed E-state index contributed by atoms with van der Waals surface area (Å²) < 4.78 is 1.67. The summed E-state index contributed by atoms with van der Waals surface area (Å²) >= 11 is 0. The molecule has 0 aromatic carbocycles. The fraction of sp³-hybridized carbons (Fsp3) is 0.125. The van der Waals surface area contributed by atoms with Crippen LogP contribution in [0.2, 0.25) is 0 Å². The van der Waals surface area contributed by atoms with Crippen molar-refractivity contribution in [3.63, 3.8) is 0 Å². The van der Waals surface area contributed by atoms with E-state index < -0.39 is 0 Å². The van der Waals surface area contributed by atoms with Gasteiger partial charge >= 0.3 is 0 Å². The van der Waals surface area contributed by atoms with Crippen LogP contribution in [0.5, 0.6) is 0 Å². The van der Waals surface area contributed by atoms with Gasteiger partial charge in [0.1, 0.15) is 11.8 Å². The van der Waals surface area contributed by atoms with E-state index in [2.05, 4.69) is 12.0 Å². The molecule has 1 heterocycles. The summed E-state index contributed by atoms with van der Waals surface area (Å²) in [6.45, 7) is 0.437. The van der Waals surface area contributed by atoms with E-state index >= 15 is 0 Å². The molecule has 0 fully saturated rings. The molecule has 1 aromatic rings. The van der Waals surface area contributed by atoms with Crippen molar-refractivity contribution >= 4 is 0 Å². The number of nitrogens with zero attached hydrogens (tertiary/aromatic N) is 2. The SMILES string of the molecule is C#CCn1c[c]cc1C#N. The van der Waals surface area contributed by atoms with E-state index in [0.717, 1.165) is 0 Å². The van der Waals surface area contributed by atoms with Gasteiger partial charge in [-0.3, -0.25) is 0 Å². The number of hydrogen-bond acceptors (Lipinski definition) is 1. The molecule has 0 saturated heterocycles. The largest absolute Gasteiger partial charge is 0.327 e. The first-order valence-corrected chi connectivity index (χ1v) is 2.78. The van der Waals surface area contributed by atoms with E-state index in [1.165, 1.54) is 0 Å². The third-order valence-corrected chi connectivity index (χ3v) is 1.14. The Labute approximate surface area is 59.7 Å². The van der Waals surface area contributed by atoms with Gasteiger partial charge in [0.15, 0.2) is 0 Å². The third kappa shape index (κ3) is 1.01. The summed E-state index contributed by atoms with van der Waals surface area (Å²) in [7, 11) is 0. The molecular formula is C8H5N2. The zero-order valence-corrected chi connectivity index (χ0v) is 5.33. The minimum absolute atomic E-state index is 0.437. The molecule has 0 atom stereocenters. The molecule has 0 N–H and O–H groups in total. The number of hydrogen-bond donors (Lipinski definition) is 0. The highest BCUT2D eigenvalue weighted by Crippen LogP contribution is 1.97. The van der Waals surface area contributed by atoms with Crippen LogP contribution in [0.3, 0.4) is 0 Å². The molecule has 0 spiro atoms. The van der Waals surface area contributed by atoms with Crippen molar-refractivity contribution in [2.75, 3.05) is 0 Å². The maximum absolute atomic E-state index is 8.47. The van der Waals surface area contributed by atoms with Crippen LogP contribution in [0.25, 0.3) is 0 Å². The van der Waals surface area contributed by atoms with Crippen molar-refractivity contribution < 1.29 is 0 Å². The molecule has 1 aromatic heterocycles. The van der Waals surface area contributed by atoms with Crippen LogP contribution in [0.1, 0.15) is 5.69 Å². The van der Waals surface area contributed by atoms with Gasteiger partial charge in [0.2, 0.25) is 0 Å². The molecule has 2 heteroatoms. The van der Waals surface area contributed by atoms with E-state index in [-0.39, 0.29) is 0 Å². The third-order valence-electron chi connectivity index (χ3n) is 1.14. The van der Waals surface area contributed by atoms with Crippen LogP contribution in [-0.2, 0) is 6.54 Å². The maximum Gasteiger partial charge on any atom is 0.121 e. The second-order valence-electron chi connectivity index (χ2n) is 1.77. The van der Waals surface area contributed by atoms with Crippen LogP contribution in [0, 0.1) is 29.7 Å². The van der Waals surface area contributed by atoms with Crippen molar-refractivity contribution in [2.24, 2.45) is 0 Å². The Morgan fingerprint density at radius 2 is 2.60 bits per heavy atom. The second-order valence-corrected chi connectivity index (χ2v) is 1.77. The first kappa shape index (κ1) is 6.45. The minimum atomic E-state index is 0.437. The summed E-state index contributed by atoms with van der Waals surface area (Å²) in [4.78, 5) is 0. The minimum Gasteiger partial charge on any atom is -0.327 e. The lowest BCUT2D eigenvalue weighted by Gasteiger charge is -1.94. The second kappa shape index (κ2) is 2.75. The predicted molar refractivity (Wildman–Crippen MR) is 36.8 cm³/mol. The first-order valence-electron chi connectivity index (χ1n) is 2.78. The molecule has 0 bridgehead atoms. The zero-order valence-electron chi connectivity index (χ0n) is 5.33. The van der Waals surface area contributed by atoms with Crippen molar-refractivity contribution in [1.82, 2.24) is 4.57 Å². The van der Waals surface area contributed by atoms with Crippen LogP contribution in [0.15, 0.2) is 12.3 Å². The van der Waals surface area contributed by atoms with E-state index in [9.17, 15) is 0 Å². The Hall–Kier alpha value is -1.67. The van der Waals surface area contributed by atoms with Gasteiger partial charge in [-0.2, -0.15) is 5.26 Å². The van der Waals surface area contributed by atoms with Crippen molar-refractivity contribution in [3.8, 4) is 18.4 Å². The Kier molecular flexibility index (Phi) is 1.78. The Bertz CT molecular complexity index is 296. The number of nitriles is 1. The van der Waals surface area contributed by atoms with Gasteiger partial charge in [0.25, 0.3) is 0 Å². The average molecular weight is 129 g/mol. The van der Waals surface area contributed by atoms with Crippen molar-refractivity contribution in [3.05, 3.63) is 24.0 Å². The Balaban J connectivity index is 2.96. The normalized spacial score (nSPS) is 8.20. The lowest BCUT2D eigenvalue weighted by molar-refractivity contribution is 0.836. The number of terminal acetylenes is 1. The number of rotatable bonds is 1. The van der Waals surface area contributed by atoms with Gasteiger partial charge < -0.3 is 4.57 Å². The molecular weight excluding hydrogens is 124 g/mol. The van der Waals surface area contributed by atoms with Crippen LogP contribution < -0.4 is 0 Å². The lowest BCUT2D eigenvalue weighted by atomic mass is 10.5. The summed E-state index contributed by atoms with van der Waals surface area (Å²) in [6, 6.07) is 6.38. The molecule has 47 valence electrons. The molecule has 0 aliphatic rings. The van der Waals surface area contributed by atoms with E-state index in [0.29, 0.717) is 12.2 Å². The molecule has 1 rings (SSSR count). The standard InChI is InChI=1S/C8H5N2/c1-2-5-10-6-3-4-8(10)7-9/h1,4,6H,5H2. The van der Waals surface area contributed by atoms with Crippen LogP contribution >= 0.6 is 0 Å². The smallest absolute Gasteiger partial charge is 0.121 e. The summed E-state index contributed by atoms with van der Waals surface area (Å²) in [5.74, 6) is 2.44. The van der Waals surface area contributed by atoms with Gasteiger partial charge in [-0.15, -0.1) is 6.42 Å². The molecule has 1 radical (unpaired) electrons. The van der Waals surface area contributed by atoms with Gasteiger partial charge in [0, 0.05) is 12.3 Å². The van der Waals surface area contributed by atoms with Crippen molar-refractivity contribution in [1.29, 1.82) is 5.26 Å². The highest BCUT2D eigenvalue weighted by Gasteiger charge is 1.94. The summed E-state index contributed by atoms with van der Waals surface area (Å²) in [6.07, 6.45) is 6.71. The zero-order chi connectivity index (χ0) is 7.40. The Morgan fingerprint density at radius 3 is 3.20 bits per heavy atom. The number of aromatic nitrogens is 1. The van der Waals surface area contributed by atoms with Crippen LogP contribution in [-0.4, -0.2) is 4.57 Å². The van der Waals surface area contributed by atoms with Gasteiger partial charge in [0.05, 0.1) is 6.54 Å². The van der Waals surface area contributed by atoms with E-state index in [1.54, 1.807) is 16.8 Å². The molecule has 0 aliphatic carbocycles. The lowest BCUT2D eigenvalue weighted by Crippen LogP contribution is -1.95. The summed E-state index contributed by atoms with van der Waals surface area (Å²) in [5, 5.41) is 8.47. The topological polar surface area (TPSA) is 28.7 Å². The summed E-state index contributed by atoms with van der Waals surface area (Å²) in [5.41, 5.74) is 0.554. The molecule has 0 aliphatic heterocycles. The van der Waals surface area contributed by atoms with Gasteiger partial charge in [-0.25, -0.2) is 0 Å². The highest BCUT2D eigenvalue weighted by atomic mass is 14.9. The molecule has 0 saturated carbocycles. The fourth-order valence-corrected chi connectivity index (χ4v) is 0.684. The van der Waals surface area contributed by atoms with E-state index in [4.69, 9.17) is 11.7 Å². The fourth-order valence-electron chi connectivity index (χ4n) is 0.684. The van der Waals surface area contributed by atoms with Crippen LogP contribution in [0.4, 0.5) is 0 Å². The molecule has 0 amide bonds. The average Bonchev–Trinajstić information content (AvgIpc) is 2.36. The molecule has 10 heavy (non-hydrogen) atoms. The molecule has 2 nitrogen and oxygen atoms in total. The van der Waals surface area contributed by atoms with Gasteiger partial charge in [-0.05, 0) is 6.07 Å². The highest BCUT2D eigenvalue weighted by molar-refractivity contribution is 5.21. The van der Waals surface area contributed by atoms with E-state index in [1.807, 2.05) is 6.07 Å². The van der Waals surface area contributed by atoms with Gasteiger partial charge in [-0.1, -0.05) is 5.92 Å². The van der Waals surface area contributed by atoms with Crippen molar-refractivity contribution in [2.45, 2.75) is 6.54 Å². The molecule has 0 unspecified atom stereocenters. The first-order chi connectivity index (χ1) is 4.88. The maximum atomic E-state index is 8.47. The Morgan fingerprint density at radius 1 is 1.80 bits per heavy atom. The predicted octanol–water partition coefficient (Wildman–Crippen LogP) is 0.793. The quantitative estimate of drug-likeness (QED) is 0.515. The monoisotopic (exact) mass is 129 g/mol.